The second kappa shape index (κ2) is 13.3. The second-order valence-corrected chi connectivity index (χ2v) is 15.4. The van der Waals surface area contributed by atoms with Crippen LogP contribution in [0.3, 0.4) is 0 Å². The summed E-state index contributed by atoms with van der Waals surface area (Å²) >= 11 is 0. The van der Waals surface area contributed by atoms with E-state index in [4.69, 9.17) is 28.4 Å². The van der Waals surface area contributed by atoms with Crippen LogP contribution in [-0.4, -0.2) is 88.9 Å². The molecule has 0 spiro atoms. The first-order chi connectivity index (χ1) is 23.7. The van der Waals surface area contributed by atoms with E-state index >= 15 is 0 Å². The number of hydrogen-bond acceptors (Lipinski definition) is 14. The van der Waals surface area contributed by atoms with Gasteiger partial charge in [-0.2, -0.15) is 0 Å². The molecule has 0 aromatic heterocycles. The van der Waals surface area contributed by atoms with E-state index in [1.807, 2.05) is 0 Å². The third kappa shape index (κ3) is 6.51. The molecule has 0 radical (unpaired) electrons. The first-order valence-corrected chi connectivity index (χ1v) is 17.1. The van der Waals surface area contributed by atoms with Gasteiger partial charge in [-0.3, -0.25) is 24.0 Å². The van der Waals surface area contributed by atoms with Gasteiger partial charge in [0.05, 0.1) is 16.9 Å². The van der Waals surface area contributed by atoms with Crippen molar-refractivity contribution in [3.63, 3.8) is 0 Å². The Bertz CT molecular complexity index is 1620. The average molecular weight is 715 g/mol. The standard InChI is InChI=1S/C37H46O14/c1-18-14-37(45)27(28(18)50-32(44)23-12-10-9-11-13-23)31(49-25(42)16-46-19(2)38)36(51-22(5)41)15-24-26(35(8,17-36)33(37)48-21(4)40)30(47-20(3)39)34(6,7)29(24)43/h9-13,18,24,26-28,30-31,33,45H,14-17H2,1-8H3/t18-,24+,26+,27+,28-,30-,31+,33+,35+,36-,37+/m0/s1. The molecule has 0 aliphatic heterocycles. The molecule has 2 bridgehead atoms. The molecule has 14 heteroatoms. The number of carbonyl (C=O) groups is 7. The van der Waals surface area contributed by atoms with Gasteiger partial charge in [0.2, 0.25) is 0 Å². The van der Waals surface area contributed by atoms with Crippen LogP contribution in [0, 0.1) is 34.5 Å². The highest BCUT2D eigenvalue weighted by molar-refractivity contribution is 5.91. The van der Waals surface area contributed by atoms with Crippen molar-refractivity contribution in [1.29, 1.82) is 0 Å². The summed E-state index contributed by atoms with van der Waals surface area (Å²) < 4.78 is 35.3. The van der Waals surface area contributed by atoms with Gasteiger partial charge in [0.25, 0.3) is 0 Å². The Labute approximate surface area is 295 Å². The van der Waals surface area contributed by atoms with Gasteiger partial charge >= 0.3 is 35.8 Å². The van der Waals surface area contributed by atoms with E-state index < -0.39 is 113 Å². The highest BCUT2D eigenvalue weighted by Crippen LogP contribution is 2.68. The summed E-state index contributed by atoms with van der Waals surface area (Å²) in [6.07, 6.45) is -6.03. The van der Waals surface area contributed by atoms with Gasteiger partial charge in [-0.1, -0.05) is 32.0 Å². The third-order valence-corrected chi connectivity index (χ3v) is 11.3. The van der Waals surface area contributed by atoms with Crippen LogP contribution < -0.4 is 0 Å². The van der Waals surface area contributed by atoms with E-state index in [0.717, 1.165) is 20.8 Å². The van der Waals surface area contributed by atoms with Gasteiger partial charge < -0.3 is 33.5 Å². The first kappa shape index (κ1) is 37.9. The zero-order valence-corrected chi connectivity index (χ0v) is 30.1. The van der Waals surface area contributed by atoms with Crippen molar-refractivity contribution in [1.82, 2.24) is 0 Å². The van der Waals surface area contributed by atoms with Crippen LogP contribution in [0.2, 0.25) is 0 Å². The number of esters is 6. The average Bonchev–Trinajstić information content (AvgIpc) is 3.36. The van der Waals surface area contributed by atoms with E-state index in [0.29, 0.717) is 0 Å². The van der Waals surface area contributed by atoms with Crippen molar-refractivity contribution >= 4 is 41.6 Å². The topological polar surface area (TPSA) is 195 Å². The van der Waals surface area contributed by atoms with E-state index in [1.165, 1.54) is 19.1 Å². The van der Waals surface area contributed by atoms with Crippen molar-refractivity contribution in [2.24, 2.45) is 34.5 Å². The lowest BCUT2D eigenvalue weighted by Crippen LogP contribution is -2.62. The van der Waals surface area contributed by atoms with Crippen molar-refractivity contribution < 1.29 is 67.1 Å². The van der Waals surface area contributed by atoms with Gasteiger partial charge in [0.1, 0.15) is 29.7 Å². The Morgan fingerprint density at radius 2 is 1.41 bits per heavy atom. The van der Waals surface area contributed by atoms with Gasteiger partial charge in [0.15, 0.2) is 18.3 Å². The molecule has 1 aromatic rings. The van der Waals surface area contributed by atoms with Crippen molar-refractivity contribution in [3.05, 3.63) is 35.9 Å². The zero-order valence-electron chi connectivity index (χ0n) is 30.1. The van der Waals surface area contributed by atoms with Gasteiger partial charge in [-0.15, -0.1) is 0 Å². The molecule has 51 heavy (non-hydrogen) atoms. The Morgan fingerprint density at radius 3 is 1.98 bits per heavy atom. The molecular weight excluding hydrogens is 668 g/mol. The minimum atomic E-state index is -2.15. The number of Topliss-reactive ketones (excluding diaryl/α,β-unsaturated/α-hetero) is 1. The van der Waals surface area contributed by atoms with E-state index in [1.54, 1.807) is 45.9 Å². The van der Waals surface area contributed by atoms with Crippen molar-refractivity contribution in [2.45, 2.75) is 110 Å². The van der Waals surface area contributed by atoms with Crippen LogP contribution >= 0.6 is 0 Å². The molecular formula is C37H46O14. The smallest absolute Gasteiger partial charge is 0.344 e. The lowest BCUT2D eigenvalue weighted by atomic mass is 9.55. The molecule has 278 valence electrons. The molecule has 4 aliphatic rings. The van der Waals surface area contributed by atoms with E-state index in [2.05, 4.69) is 0 Å². The minimum absolute atomic E-state index is 0.154. The van der Waals surface area contributed by atoms with Crippen molar-refractivity contribution in [3.8, 4) is 0 Å². The molecule has 0 heterocycles. The predicted octanol–water partition coefficient (Wildman–Crippen LogP) is 2.89. The Hall–Kier alpha value is -4.33. The Morgan fingerprint density at radius 1 is 0.784 bits per heavy atom. The maximum atomic E-state index is 14.4. The molecule has 11 atom stereocenters. The fourth-order valence-corrected chi connectivity index (χ4v) is 9.87. The van der Waals surface area contributed by atoms with Gasteiger partial charge in [0, 0.05) is 57.8 Å². The molecule has 4 aliphatic carbocycles. The molecule has 4 saturated carbocycles. The highest BCUT2D eigenvalue weighted by Gasteiger charge is 2.79. The summed E-state index contributed by atoms with van der Waals surface area (Å²) in [4.78, 5) is 91.8. The fraction of sp³-hybridized carbons (Fsp3) is 0.649. The number of hydrogen-bond donors (Lipinski definition) is 1. The summed E-state index contributed by atoms with van der Waals surface area (Å²) in [6, 6.07) is 8.08. The van der Waals surface area contributed by atoms with Crippen molar-refractivity contribution in [2.75, 3.05) is 6.61 Å². The van der Waals surface area contributed by atoms with Crippen LogP contribution in [0.15, 0.2) is 30.3 Å². The molecule has 5 rings (SSSR count). The normalized spacial score (nSPS) is 37.5. The van der Waals surface area contributed by atoms with E-state index in [-0.39, 0.29) is 30.6 Å². The third-order valence-electron chi connectivity index (χ3n) is 11.3. The largest absolute Gasteiger partial charge is 0.461 e. The number of ketones is 1. The monoisotopic (exact) mass is 714 g/mol. The second-order valence-electron chi connectivity index (χ2n) is 15.4. The van der Waals surface area contributed by atoms with Crippen LogP contribution in [0.25, 0.3) is 0 Å². The number of benzene rings is 1. The van der Waals surface area contributed by atoms with Gasteiger partial charge in [-0.05, 0) is 38.3 Å². The summed E-state index contributed by atoms with van der Waals surface area (Å²) in [5.41, 5.74) is -6.61. The summed E-state index contributed by atoms with van der Waals surface area (Å²) in [5, 5.41) is 13.2. The number of rotatable bonds is 8. The maximum Gasteiger partial charge on any atom is 0.344 e. The highest BCUT2D eigenvalue weighted by atomic mass is 16.6. The lowest BCUT2D eigenvalue weighted by molar-refractivity contribution is -0.225. The fourth-order valence-electron chi connectivity index (χ4n) is 9.87. The molecule has 14 nitrogen and oxygen atoms in total. The summed E-state index contributed by atoms with van der Waals surface area (Å²) in [6.45, 7) is 10.4. The van der Waals surface area contributed by atoms with Gasteiger partial charge in [-0.25, -0.2) is 9.59 Å². The van der Waals surface area contributed by atoms with Crippen LogP contribution in [0.4, 0.5) is 0 Å². The number of ether oxygens (including phenoxy) is 6. The molecule has 4 fully saturated rings. The number of fused-ring (bicyclic) bond motifs is 5. The van der Waals surface area contributed by atoms with E-state index in [9.17, 15) is 38.7 Å². The molecule has 1 aromatic carbocycles. The van der Waals surface area contributed by atoms with Crippen LogP contribution in [-0.2, 0) is 57.2 Å². The SMILES string of the molecule is CC(=O)OCC(=O)O[C@@H]1[C@H]2[C@@H](OC(=O)c3ccccc3)[C@@H](C)C[C@]2(O)[C@H](OC(C)=O)[C@]2(C)C[C@@]1(OC(C)=O)C[C@H]1C(=O)C(C)(C)[C@@H](OC(C)=O)[C@@H]12. The minimum Gasteiger partial charge on any atom is -0.461 e. The predicted molar refractivity (Wildman–Crippen MR) is 173 cm³/mol. The van der Waals surface area contributed by atoms with Crippen LogP contribution in [0.1, 0.15) is 85.0 Å². The lowest BCUT2D eigenvalue weighted by Gasteiger charge is -2.54. The van der Waals surface area contributed by atoms with Crippen LogP contribution in [0.5, 0.6) is 0 Å². The summed E-state index contributed by atoms with van der Waals surface area (Å²) in [5.74, 6) is -9.15. The molecule has 1 N–H and O–H groups in total. The summed E-state index contributed by atoms with van der Waals surface area (Å²) in [7, 11) is 0. The first-order valence-electron chi connectivity index (χ1n) is 17.1. The number of carbonyl (C=O) groups excluding carboxylic acids is 7. The molecule has 0 amide bonds. The number of aliphatic hydroxyl groups is 1. The Kier molecular flexibility index (Phi) is 9.91. The zero-order chi connectivity index (χ0) is 37.8. The Balaban J connectivity index is 1.79. The quantitative estimate of drug-likeness (QED) is 0.305. The molecule has 0 unspecified atom stereocenters. The molecule has 0 saturated heterocycles. The maximum absolute atomic E-state index is 14.4.